The fourth-order valence-electron chi connectivity index (χ4n) is 2.24. The number of aromatic hydroxyl groups is 1. The molecule has 1 aromatic rings. The van der Waals surface area contributed by atoms with Gasteiger partial charge in [-0.2, -0.15) is 0 Å². The molecular weight excluding hydrogens is 266 g/mol. The van der Waals surface area contributed by atoms with Gasteiger partial charge in [-0.05, 0) is 37.3 Å². The zero-order valence-electron chi connectivity index (χ0n) is 13.0. The van der Waals surface area contributed by atoms with Crippen molar-refractivity contribution in [3.63, 3.8) is 0 Å². The maximum atomic E-state index is 10.0. The van der Waals surface area contributed by atoms with Crippen LogP contribution in [0.2, 0.25) is 0 Å². The normalized spacial score (nSPS) is 21.0. The standard InChI is InChI=1S/C16H25N3O2/c1-4-17-16(19-13-10-11(13)2)18-9-8-12-6-5-7-14(21-3)15(12)20/h5-7,11,13,20H,4,8-10H2,1-3H3,(H2,17,18,19). The van der Waals surface area contributed by atoms with Crippen molar-refractivity contribution in [2.75, 3.05) is 20.2 Å². The molecule has 0 amide bonds. The molecule has 0 radical (unpaired) electrons. The summed E-state index contributed by atoms with van der Waals surface area (Å²) in [5, 5.41) is 16.7. The second kappa shape index (κ2) is 7.20. The van der Waals surface area contributed by atoms with Gasteiger partial charge in [0.05, 0.1) is 7.11 Å². The van der Waals surface area contributed by atoms with E-state index < -0.39 is 0 Å². The molecule has 0 aromatic heterocycles. The molecule has 3 N–H and O–H groups in total. The fraction of sp³-hybridized carbons (Fsp3) is 0.562. The number of methoxy groups -OCH3 is 1. The third-order valence-corrected chi connectivity index (χ3v) is 3.73. The smallest absolute Gasteiger partial charge is 0.191 e. The summed E-state index contributed by atoms with van der Waals surface area (Å²) in [5.74, 6) is 2.31. The first kappa shape index (κ1) is 15.5. The van der Waals surface area contributed by atoms with Crippen LogP contribution >= 0.6 is 0 Å². The Kier molecular flexibility index (Phi) is 5.31. The summed E-state index contributed by atoms with van der Waals surface area (Å²) in [4.78, 5) is 4.56. The number of ether oxygens (including phenoxy) is 1. The summed E-state index contributed by atoms with van der Waals surface area (Å²) < 4.78 is 5.11. The predicted octanol–water partition coefficient (Wildman–Crippen LogP) is 1.91. The van der Waals surface area contributed by atoms with E-state index in [9.17, 15) is 5.11 Å². The number of phenolic OH excluding ortho intramolecular Hbond substituents is 1. The maximum Gasteiger partial charge on any atom is 0.191 e. The number of phenols is 1. The van der Waals surface area contributed by atoms with Gasteiger partial charge >= 0.3 is 0 Å². The van der Waals surface area contributed by atoms with E-state index in [1.54, 1.807) is 13.2 Å². The third-order valence-electron chi connectivity index (χ3n) is 3.73. The lowest BCUT2D eigenvalue weighted by Crippen LogP contribution is -2.39. The first-order valence-electron chi connectivity index (χ1n) is 7.55. The molecule has 21 heavy (non-hydrogen) atoms. The average Bonchev–Trinajstić information content (AvgIpc) is 3.16. The quantitative estimate of drug-likeness (QED) is 0.553. The lowest BCUT2D eigenvalue weighted by atomic mass is 10.1. The van der Waals surface area contributed by atoms with Crippen molar-refractivity contribution in [2.24, 2.45) is 10.9 Å². The van der Waals surface area contributed by atoms with Gasteiger partial charge in [0.25, 0.3) is 0 Å². The molecule has 1 aliphatic rings. The van der Waals surface area contributed by atoms with Crippen molar-refractivity contribution in [1.29, 1.82) is 0 Å². The second-order valence-electron chi connectivity index (χ2n) is 5.44. The van der Waals surface area contributed by atoms with Gasteiger partial charge in [-0.1, -0.05) is 19.1 Å². The molecule has 5 heteroatoms. The van der Waals surface area contributed by atoms with Crippen molar-refractivity contribution in [3.8, 4) is 11.5 Å². The molecule has 0 spiro atoms. The van der Waals surface area contributed by atoms with Crippen LogP contribution in [0.1, 0.15) is 25.8 Å². The number of rotatable bonds is 6. The van der Waals surface area contributed by atoms with E-state index in [-0.39, 0.29) is 5.75 Å². The summed E-state index contributed by atoms with van der Waals surface area (Å²) >= 11 is 0. The number of aliphatic imine (C=N–C) groups is 1. The monoisotopic (exact) mass is 291 g/mol. The van der Waals surface area contributed by atoms with Crippen LogP contribution in [0.4, 0.5) is 0 Å². The van der Waals surface area contributed by atoms with Gasteiger partial charge in [0.2, 0.25) is 0 Å². The summed E-state index contributed by atoms with van der Waals surface area (Å²) in [7, 11) is 1.56. The molecule has 1 saturated carbocycles. The highest BCUT2D eigenvalue weighted by Crippen LogP contribution is 2.30. The van der Waals surface area contributed by atoms with Crippen LogP contribution in [0, 0.1) is 5.92 Å². The minimum absolute atomic E-state index is 0.212. The Bertz CT molecular complexity index is 502. The number of para-hydroxylation sites is 1. The Morgan fingerprint density at radius 2 is 2.24 bits per heavy atom. The van der Waals surface area contributed by atoms with Crippen molar-refractivity contribution in [1.82, 2.24) is 10.6 Å². The highest BCUT2D eigenvalue weighted by atomic mass is 16.5. The summed E-state index contributed by atoms with van der Waals surface area (Å²) in [6, 6.07) is 6.08. The Hall–Kier alpha value is -1.91. The number of nitrogens with one attached hydrogen (secondary N) is 2. The van der Waals surface area contributed by atoms with Gasteiger partial charge in [0.15, 0.2) is 17.5 Å². The zero-order valence-corrected chi connectivity index (χ0v) is 13.0. The molecule has 2 atom stereocenters. The van der Waals surface area contributed by atoms with E-state index in [0.29, 0.717) is 24.8 Å². The van der Waals surface area contributed by atoms with Crippen LogP contribution in [0.25, 0.3) is 0 Å². The zero-order chi connectivity index (χ0) is 15.2. The Morgan fingerprint density at radius 1 is 1.48 bits per heavy atom. The van der Waals surface area contributed by atoms with Crippen molar-refractivity contribution in [3.05, 3.63) is 23.8 Å². The third kappa shape index (κ3) is 4.28. The minimum atomic E-state index is 0.212. The van der Waals surface area contributed by atoms with Crippen LogP contribution in [0.15, 0.2) is 23.2 Å². The van der Waals surface area contributed by atoms with E-state index >= 15 is 0 Å². The summed E-state index contributed by atoms with van der Waals surface area (Å²) in [5.41, 5.74) is 0.855. The molecule has 0 aliphatic heterocycles. The molecule has 0 heterocycles. The molecule has 1 aromatic carbocycles. The largest absolute Gasteiger partial charge is 0.504 e. The van der Waals surface area contributed by atoms with Gasteiger partial charge in [-0.3, -0.25) is 4.99 Å². The lowest BCUT2D eigenvalue weighted by molar-refractivity contribution is 0.370. The number of hydrogen-bond acceptors (Lipinski definition) is 3. The van der Waals surface area contributed by atoms with Crippen LogP contribution in [-0.2, 0) is 6.42 Å². The molecular formula is C16H25N3O2. The number of benzene rings is 1. The number of guanidine groups is 1. The second-order valence-corrected chi connectivity index (χ2v) is 5.44. The van der Waals surface area contributed by atoms with Gasteiger partial charge in [0.1, 0.15) is 0 Å². The van der Waals surface area contributed by atoms with Gasteiger partial charge in [-0.15, -0.1) is 0 Å². The van der Waals surface area contributed by atoms with Gasteiger partial charge in [0, 0.05) is 19.1 Å². The summed E-state index contributed by atoms with van der Waals surface area (Å²) in [6.45, 7) is 5.76. The van der Waals surface area contributed by atoms with E-state index in [1.807, 2.05) is 12.1 Å². The minimum Gasteiger partial charge on any atom is -0.504 e. The predicted molar refractivity (Wildman–Crippen MR) is 85.0 cm³/mol. The van der Waals surface area contributed by atoms with Crippen LogP contribution < -0.4 is 15.4 Å². The molecule has 0 saturated heterocycles. The van der Waals surface area contributed by atoms with Crippen LogP contribution in [-0.4, -0.2) is 37.3 Å². The molecule has 0 bridgehead atoms. The highest BCUT2D eigenvalue weighted by molar-refractivity contribution is 5.80. The van der Waals surface area contributed by atoms with Crippen molar-refractivity contribution >= 4 is 5.96 Å². The molecule has 1 fully saturated rings. The first-order chi connectivity index (χ1) is 10.2. The lowest BCUT2D eigenvalue weighted by Gasteiger charge is -2.11. The molecule has 5 nitrogen and oxygen atoms in total. The average molecular weight is 291 g/mol. The fourth-order valence-corrected chi connectivity index (χ4v) is 2.24. The topological polar surface area (TPSA) is 65.9 Å². The number of hydrogen-bond donors (Lipinski definition) is 3. The van der Waals surface area contributed by atoms with E-state index in [0.717, 1.165) is 24.0 Å². The Balaban J connectivity index is 1.92. The number of nitrogens with zero attached hydrogens (tertiary/aromatic N) is 1. The summed E-state index contributed by atoms with van der Waals surface area (Å²) in [6.07, 6.45) is 1.89. The Labute approximate surface area is 126 Å². The van der Waals surface area contributed by atoms with Crippen molar-refractivity contribution in [2.45, 2.75) is 32.7 Å². The van der Waals surface area contributed by atoms with Crippen molar-refractivity contribution < 1.29 is 9.84 Å². The van der Waals surface area contributed by atoms with Gasteiger partial charge < -0.3 is 20.5 Å². The molecule has 2 rings (SSSR count). The van der Waals surface area contributed by atoms with E-state index in [1.165, 1.54) is 6.42 Å². The first-order valence-corrected chi connectivity index (χ1v) is 7.55. The van der Waals surface area contributed by atoms with E-state index in [4.69, 9.17) is 4.74 Å². The SMILES string of the molecule is CCNC(=NCCc1cccc(OC)c1O)NC1CC1C. The maximum absolute atomic E-state index is 10.0. The van der Waals surface area contributed by atoms with E-state index in [2.05, 4.69) is 29.5 Å². The van der Waals surface area contributed by atoms with Crippen LogP contribution in [0.5, 0.6) is 11.5 Å². The molecule has 116 valence electrons. The molecule has 1 aliphatic carbocycles. The van der Waals surface area contributed by atoms with Crippen LogP contribution in [0.3, 0.4) is 0 Å². The molecule has 2 unspecified atom stereocenters. The Morgan fingerprint density at radius 3 is 2.86 bits per heavy atom. The van der Waals surface area contributed by atoms with Gasteiger partial charge in [-0.25, -0.2) is 0 Å². The highest BCUT2D eigenvalue weighted by Gasteiger charge is 2.33.